The molecule has 0 aliphatic carbocycles. The van der Waals surface area contributed by atoms with Crippen LogP contribution in [0, 0.1) is 5.82 Å². The lowest BCUT2D eigenvalue weighted by Crippen LogP contribution is -2.29. The maximum absolute atomic E-state index is 14.3. The minimum absolute atomic E-state index is 0.396. The zero-order chi connectivity index (χ0) is 15.4. The Balaban J connectivity index is 2.49. The van der Waals surface area contributed by atoms with Crippen molar-refractivity contribution in [2.24, 2.45) is 5.84 Å². The smallest absolute Gasteiger partial charge is 0.132 e. The van der Waals surface area contributed by atoms with Gasteiger partial charge >= 0.3 is 0 Å². The number of ether oxygens (including phenoxy) is 2. The number of nitrogens with two attached hydrogens (primary N) is 1. The average Bonchev–Trinajstić information content (AvgIpc) is 2.51. The van der Waals surface area contributed by atoms with Crippen LogP contribution in [-0.4, -0.2) is 14.2 Å². The first-order valence-corrected chi connectivity index (χ1v) is 7.03. The molecule has 1 atom stereocenters. The summed E-state index contributed by atoms with van der Waals surface area (Å²) in [6.45, 7) is 0. The zero-order valence-electron chi connectivity index (χ0n) is 11.7. The van der Waals surface area contributed by atoms with Crippen LogP contribution in [0.4, 0.5) is 4.39 Å². The summed E-state index contributed by atoms with van der Waals surface area (Å²) in [7, 11) is 3.07. The number of methoxy groups -OCH3 is 2. The SMILES string of the molecule is COc1ccc(C(NN)c2cc(OC)ccc2Br)c(F)c1. The molecular formula is C15H16BrFN2O2. The van der Waals surface area contributed by atoms with Gasteiger partial charge in [-0.3, -0.25) is 5.84 Å². The Morgan fingerprint density at radius 3 is 2.24 bits per heavy atom. The molecule has 0 heterocycles. The second kappa shape index (κ2) is 6.89. The average molecular weight is 355 g/mol. The number of rotatable bonds is 5. The third-order valence-corrected chi connectivity index (χ3v) is 3.92. The highest BCUT2D eigenvalue weighted by atomic mass is 79.9. The summed E-state index contributed by atoms with van der Waals surface area (Å²) in [5.74, 6) is 6.36. The van der Waals surface area contributed by atoms with Crippen LogP contribution in [-0.2, 0) is 0 Å². The summed E-state index contributed by atoms with van der Waals surface area (Å²) in [5.41, 5.74) is 3.84. The fraction of sp³-hybridized carbons (Fsp3) is 0.200. The van der Waals surface area contributed by atoms with E-state index in [1.807, 2.05) is 12.1 Å². The molecule has 0 aliphatic rings. The molecule has 0 spiro atoms. The molecule has 0 bridgehead atoms. The van der Waals surface area contributed by atoms with Crippen molar-refractivity contribution in [3.05, 3.63) is 57.8 Å². The molecular weight excluding hydrogens is 339 g/mol. The fourth-order valence-corrected chi connectivity index (χ4v) is 2.56. The molecule has 0 fully saturated rings. The summed E-state index contributed by atoms with van der Waals surface area (Å²) < 4.78 is 25.3. The topological polar surface area (TPSA) is 56.5 Å². The molecule has 0 radical (unpaired) electrons. The lowest BCUT2D eigenvalue weighted by Gasteiger charge is -2.20. The fourth-order valence-electron chi connectivity index (χ4n) is 2.09. The molecule has 2 aromatic carbocycles. The molecule has 0 saturated heterocycles. The lowest BCUT2D eigenvalue weighted by molar-refractivity contribution is 0.409. The zero-order valence-corrected chi connectivity index (χ0v) is 13.3. The molecule has 0 aliphatic heterocycles. The molecule has 1 unspecified atom stereocenters. The molecule has 6 heteroatoms. The molecule has 3 N–H and O–H groups in total. The second-order valence-electron chi connectivity index (χ2n) is 4.37. The molecule has 2 rings (SSSR count). The van der Waals surface area contributed by atoms with Gasteiger partial charge in [-0.2, -0.15) is 0 Å². The van der Waals surface area contributed by atoms with Gasteiger partial charge in [0.2, 0.25) is 0 Å². The highest BCUT2D eigenvalue weighted by Gasteiger charge is 2.20. The van der Waals surface area contributed by atoms with Crippen molar-refractivity contribution in [3.8, 4) is 11.5 Å². The highest BCUT2D eigenvalue weighted by molar-refractivity contribution is 9.10. The minimum atomic E-state index is -0.514. The van der Waals surface area contributed by atoms with Gasteiger partial charge in [0.05, 0.1) is 20.3 Å². The van der Waals surface area contributed by atoms with E-state index in [1.54, 1.807) is 25.3 Å². The van der Waals surface area contributed by atoms with Gasteiger partial charge in [0.1, 0.15) is 17.3 Å². The predicted octanol–water partition coefficient (Wildman–Crippen LogP) is 3.16. The van der Waals surface area contributed by atoms with Crippen molar-refractivity contribution in [3.63, 3.8) is 0 Å². The molecule has 0 saturated carbocycles. The van der Waals surface area contributed by atoms with Gasteiger partial charge < -0.3 is 9.47 Å². The van der Waals surface area contributed by atoms with Gasteiger partial charge in [-0.1, -0.05) is 22.0 Å². The Kier molecular flexibility index (Phi) is 5.17. The van der Waals surface area contributed by atoms with E-state index in [4.69, 9.17) is 15.3 Å². The van der Waals surface area contributed by atoms with E-state index >= 15 is 0 Å². The summed E-state index contributed by atoms with van der Waals surface area (Å²) in [6, 6.07) is 9.60. The Bertz CT molecular complexity index is 637. The maximum Gasteiger partial charge on any atom is 0.132 e. The normalized spacial score (nSPS) is 12.0. The van der Waals surface area contributed by atoms with E-state index in [0.717, 1.165) is 10.0 Å². The number of hydrogen-bond donors (Lipinski definition) is 2. The highest BCUT2D eigenvalue weighted by Crippen LogP contribution is 2.33. The van der Waals surface area contributed by atoms with Gasteiger partial charge in [0.25, 0.3) is 0 Å². The van der Waals surface area contributed by atoms with E-state index in [2.05, 4.69) is 21.4 Å². The quantitative estimate of drug-likeness (QED) is 0.639. The van der Waals surface area contributed by atoms with Crippen molar-refractivity contribution in [2.45, 2.75) is 6.04 Å². The third kappa shape index (κ3) is 3.34. The Morgan fingerprint density at radius 2 is 1.67 bits per heavy atom. The van der Waals surface area contributed by atoms with Gasteiger partial charge in [0.15, 0.2) is 0 Å². The summed E-state index contributed by atoms with van der Waals surface area (Å²) in [5, 5.41) is 0. The van der Waals surface area contributed by atoms with Crippen LogP contribution in [0.1, 0.15) is 17.2 Å². The van der Waals surface area contributed by atoms with Gasteiger partial charge in [-0.05, 0) is 29.8 Å². The molecule has 0 amide bonds. The molecule has 2 aromatic rings. The van der Waals surface area contributed by atoms with Crippen molar-refractivity contribution >= 4 is 15.9 Å². The van der Waals surface area contributed by atoms with Crippen LogP contribution < -0.4 is 20.7 Å². The van der Waals surface area contributed by atoms with Crippen molar-refractivity contribution in [1.82, 2.24) is 5.43 Å². The standard InChI is InChI=1S/C15H16BrFN2O2/c1-20-9-4-6-13(16)12(7-9)15(19-18)11-5-3-10(21-2)8-14(11)17/h3-8,15,19H,18H2,1-2H3. The molecule has 4 nitrogen and oxygen atoms in total. The first kappa shape index (κ1) is 15.8. The van der Waals surface area contributed by atoms with Gasteiger partial charge in [0, 0.05) is 16.1 Å². The van der Waals surface area contributed by atoms with Crippen molar-refractivity contribution < 1.29 is 13.9 Å². The Labute approximate surface area is 131 Å². The van der Waals surface area contributed by atoms with Crippen LogP contribution in [0.5, 0.6) is 11.5 Å². The summed E-state index contributed by atoms with van der Waals surface area (Å²) in [4.78, 5) is 0. The van der Waals surface area contributed by atoms with Gasteiger partial charge in [-0.15, -0.1) is 0 Å². The van der Waals surface area contributed by atoms with Crippen LogP contribution in [0.2, 0.25) is 0 Å². The number of hydrazine groups is 1. The van der Waals surface area contributed by atoms with Crippen LogP contribution in [0.25, 0.3) is 0 Å². The number of nitrogens with one attached hydrogen (secondary N) is 1. The van der Waals surface area contributed by atoms with E-state index in [1.165, 1.54) is 13.2 Å². The van der Waals surface area contributed by atoms with E-state index in [-0.39, 0.29) is 0 Å². The van der Waals surface area contributed by atoms with E-state index < -0.39 is 11.9 Å². The van der Waals surface area contributed by atoms with E-state index in [9.17, 15) is 4.39 Å². The molecule has 21 heavy (non-hydrogen) atoms. The third-order valence-electron chi connectivity index (χ3n) is 3.20. The molecule has 0 aromatic heterocycles. The van der Waals surface area contributed by atoms with Gasteiger partial charge in [-0.25, -0.2) is 9.82 Å². The van der Waals surface area contributed by atoms with Crippen LogP contribution >= 0.6 is 15.9 Å². The van der Waals surface area contributed by atoms with Crippen LogP contribution in [0.15, 0.2) is 40.9 Å². The number of halogens is 2. The van der Waals surface area contributed by atoms with E-state index in [0.29, 0.717) is 17.1 Å². The second-order valence-corrected chi connectivity index (χ2v) is 5.23. The summed E-state index contributed by atoms with van der Waals surface area (Å²) >= 11 is 3.45. The first-order valence-electron chi connectivity index (χ1n) is 6.23. The van der Waals surface area contributed by atoms with Crippen molar-refractivity contribution in [1.29, 1.82) is 0 Å². The maximum atomic E-state index is 14.3. The monoisotopic (exact) mass is 354 g/mol. The summed E-state index contributed by atoms with van der Waals surface area (Å²) in [6.07, 6.45) is 0. The van der Waals surface area contributed by atoms with Crippen molar-refractivity contribution in [2.75, 3.05) is 14.2 Å². The number of benzene rings is 2. The lowest BCUT2D eigenvalue weighted by atomic mass is 9.98. The predicted molar refractivity (Wildman–Crippen MR) is 82.8 cm³/mol. The number of hydrogen-bond acceptors (Lipinski definition) is 4. The Hall–Kier alpha value is -1.63. The minimum Gasteiger partial charge on any atom is -0.497 e. The first-order chi connectivity index (χ1) is 10.1. The molecule has 112 valence electrons. The largest absolute Gasteiger partial charge is 0.497 e. The Morgan fingerprint density at radius 1 is 1.05 bits per heavy atom. The van der Waals surface area contributed by atoms with Crippen LogP contribution in [0.3, 0.4) is 0 Å².